The SMILES string of the molecule is CC(=O)Oc1ccc2c3c1O[C@H]1[C@@H](OC(C)=O)C=C[C@H]4[C@@H](C2)N(C)CC[C@@]341.CCOC(=O)c1cc2ccccn2c1-c1ccnc(O)c1. The zero-order valence-corrected chi connectivity index (χ0v) is 27.2. The molecule has 5 heterocycles. The Morgan fingerprint density at radius 2 is 1.92 bits per heavy atom. The molecule has 11 heteroatoms. The van der Waals surface area contributed by atoms with E-state index in [9.17, 15) is 19.5 Å². The van der Waals surface area contributed by atoms with E-state index in [1.54, 1.807) is 19.1 Å². The number of aromatic nitrogens is 2. The van der Waals surface area contributed by atoms with Gasteiger partial charge in [0.2, 0.25) is 5.88 Å². The summed E-state index contributed by atoms with van der Waals surface area (Å²) in [6.07, 6.45) is 8.68. The van der Waals surface area contributed by atoms with E-state index in [1.165, 1.54) is 31.7 Å². The molecule has 2 aliphatic carbocycles. The number of aromatic hydroxyl groups is 1. The van der Waals surface area contributed by atoms with Crippen LogP contribution in [0.2, 0.25) is 0 Å². The Morgan fingerprint density at radius 3 is 2.67 bits per heavy atom. The summed E-state index contributed by atoms with van der Waals surface area (Å²) in [5, 5.41) is 9.58. The first-order chi connectivity index (χ1) is 23.1. The molecule has 4 aromatic rings. The molecule has 11 nitrogen and oxygen atoms in total. The molecule has 1 spiro atoms. The number of piperidine rings is 1. The van der Waals surface area contributed by atoms with Crippen LogP contribution in [0.4, 0.5) is 0 Å². The number of pyridine rings is 2. The van der Waals surface area contributed by atoms with Gasteiger partial charge in [0.25, 0.3) is 0 Å². The molecule has 0 unspecified atom stereocenters. The number of benzene rings is 1. The van der Waals surface area contributed by atoms with Crippen molar-refractivity contribution in [3.05, 3.63) is 89.8 Å². The van der Waals surface area contributed by atoms with Crippen LogP contribution in [0.5, 0.6) is 17.4 Å². The van der Waals surface area contributed by atoms with Gasteiger partial charge in [-0.2, -0.15) is 0 Å². The lowest BCUT2D eigenvalue weighted by Gasteiger charge is -2.56. The van der Waals surface area contributed by atoms with Crippen molar-refractivity contribution in [1.29, 1.82) is 0 Å². The van der Waals surface area contributed by atoms with Crippen molar-refractivity contribution in [3.8, 4) is 28.6 Å². The molecule has 4 aliphatic rings. The van der Waals surface area contributed by atoms with Gasteiger partial charge >= 0.3 is 17.9 Å². The van der Waals surface area contributed by atoms with Crippen LogP contribution in [-0.2, 0) is 30.9 Å². The van der Waals surface area contributed by atoms with Gasteiger partial charge < -0.3 is 33.4 Å². The summed E-state index contributed by atoms with van der Waals surface area (Å²) in [5.74, 6) is 0.240. The van der Waals surface area contributed by atoms with Crippen LogP contribution in [0.3, 0.4) is 0 Å². The fraction of sp³-hybridized carbons (Fsp3) is 0.351. The summed E-state index contributed by atoms with van der Waals surface area (Å²) in [5.41, 5.74) is 4.89. The zero-order valence-electron chi connectivity index (χ0n) is 27.2. The monoisotopic (exact) mass is 651 g/mol. The summed E-state index contributed by atoms with van der Waals surface area (Å²) in [7, 11) is 2.17. The van der Waals surface area contributed by atoms with Crippen molar-refractivity contribution in [2.45, 2.75) is 57.3 Å². The Hall–Kier alpha value is -5.16. The van der Waals surface area contributed by atoms with Gasteiger partial charge in [-0.15, -0.1) is 0 Å². The predicted molar refractivity (Wildman–Crippen MR) is 175 cm³/mol. The molecule has 1 N–H and O–H groups in total. The van der Waals surface area contributed by atoms with Crippen molar-refractivity contribution in [3.63, 3.8) is 0 Å². The van der Waals surface area contributed by atoms with Crippen LogP contribution >= 0.6 is 0 Å². The summed E-state index contributed by atoms with van der Waals surface area (Å²) in [6.45, 7) is 5.86. The third-order valence-corrected chi connectivity index (χ3v) is 9.86. The molecular weight excluding hydrogens is 614 g/mol. The molecule has 0 amide bonds. The second-order valence-electron chi connectivity index (χ2n) is 12.6. The number of hydrogen-bond donors (Lipinski definition) is 1. The summed E-state index contributed by atoms with van der Waals surface area (Å²) in [4.78, 5) is 41.6. The highest BCUT2D eigenvalue weighted by atomic mass is 16.6. The first-order valence-electron chi connectivity index (χ1n) is 16.1. The molecule has 1 saturated heterocycles. The predicted octanol–water partition coefficient (Wildman–Crippen LogP) is 4.87. The Kier molecular flexibility index (Phi) is 7.95. The number of likely N-dealkylation sites (tertiary alicyclic amines) is 1. The molecule has 48 heavy (non-hydrogen) atoms. The number of fused-ring (bicyclic) bond motifs is 1. The van der Waals surface area contributed by atoms with Gasteiger partial charge in [0.05, 0.1) is 17.9 Å². The number of nitrogens with zero attached hydrogens (tertiary/aromatic N) is 3. The van der Waals surface area contributed by atoms with Gasteiger partial charge in [-0.1, -0.05) is 18.2 Å². The number of rotatable bonds is 5. The molecule has 5 atom stereocenters. The second-order valence-corrected chi connectivity index (χ2v) is 12.6. The van der Waals surface area contributed by atoms with Crippen molar-refractivity contribution >= 4 is 23.4 Å². The normalized spacial score (nSPS) is 24.5. The van der Waals surface area contributed by atoms with E-state index < -0.39 is 6.10 Å². The van der Waals surface area contributed by atoms with E-state index in [2.05, 4.69) is 29.1 Å². The van der Waals surface area contributed by atoms with Crippen LogP contribution in [0.15, 0.2) is 73.1 Å². The largest absolute Gasteiger partial charge is 0.493 e. The van der Waals surface area contributed by atoms with E-state index in [0.29, 0.717) is 41.0 Å². The van der Waals surface area contributed by atoms with E-state index in [-0.39, 0.29) is 41.2 Å². The maximum Gasteiger partial charge on any atom is 0.340 e. The smallest absolute Gasteiger partial charge is 0.340 e. The third-order valence-electron chi connectivity index (χ3n) is 9.86. The average molecular weight is 652 g/mol. The van der Waals surface area contributed by atoms with E-state index >= 15 is 0 Å². The minimum atomic E-state index is -0.439. The van der Waals surface area contributed by atoms with E-state index in [4.69, 9.17) is 18.9 Å². The highest BCUT2D eigenvalue weighted by Gasteiger charge is 2.65. The first-order valence-corrected chi connectivity index (χ1v) is 16.1. The van der Waals surface area contributed by atoms with Gasteiger partial charge in [-0.05, 0) is 75.3 Å². The van der Waals surface area contributed by atoms with Crippen LogP contribution in [0.25, 0.3) is 16.8 Å². The number of esters is 3. The summed E-state index contributed by atoms with van der Waals surface area (Å²) >= 11 is 0. The fourth-order valence-electron chi connectivity index (χ4n) is 8.09. The van der Waals surface area contributed by atoms with Crippen LogP contribution in [0.1, 0.15) is 48.7 Å². The average Bonchev–Trinajstić information content (AvgIpc) is 3.61. The fourth-order valence-corrected chi connectivity index (χ4v) is 8.09. The molecule has 0 radical (unpaired) electrons. The maximum absolute atomic E-state index is 12.2. The highest BCUT2D eigenvalue weighted by molar-refractivity contribution is 5.99. The van der Waals surface area contributed by atoms with Crippen LogP contribution in [-0.4, -0.2) is 75.7 Å². The van der Waals surface area contributed by atoms with E-state index in [1.807, 2.05) is 40.9 Å². The van der Waals surface area contributed by atoms with Crippen molar-refractivity contribution in [2.75, 3.05) is 20.2 Å². The van der Waals surface area contributed by atoms with Crippen molar-refractivity contribution in [1.82, 2.24) is 14.3 Å². The lowest BCUT2D eigenvalue weighted by Crippen LogP contribution is -2.65. The molecular formula is C37H37N3O8. The topological polar surface area (TPSA) is 129 Å². The number of carbonyl (C=O) groups is 3. The van der Waals surface area contributed by atoms with Gasteiger partial charge in [-0.25, -0.2) is 9.78 Å². The highest BCUT2D eigenvalue weighted by Crippen LogP contribution is 2.62. The molecule has 3 aromatic heterocycles. The molecule has 2 bridgehead atoms. The zero-order chi connectivity index (χ0) is 33.7. The number of carbonyl (C=O) groups excluding carboxylic acids is 3. The lowest BCUT2D eigenvalue weighted by atomic mass is 9.53. The van der Waals surface area contributed by atoms with Gasteiger partial charge in [0.1, 0.15) is 6.10 Å². The minimum absolute atomic E-state index is 0.0896. The van der Waals surface area contributed by atoms with Crippen molar-refractivity contribution < 1.29 is 38.4 Å². The quantitative estimate of drug-likeness (QED) is 0.181. The van der Waals surface area contributed by atoms with Gasteiger partial charge in [0, 0.05) is 66.3 Å². The number of likely N-dealkylation sites (N-methyl/N-ethyl adjacent to an activating group) is 1. The molecule has 1 fully saturated rings. The van der Waals surface area contributed by atoms with E-state index in [0.717, 1.165) is 30.5 Å². The minimum Gasteiger partial charge on any atom is -0.493 e. The molecule has 1 aromatic carbocycles. The van der Waals surface area contributed by atoms with Crippen LogP contribution < -0.4 is 9.47 Å². The molecule has 2 aliphatic heterocycles. The molecule has 8 rings (SSSR count). The Balaban J connectivity index is 0.000000157. The van der Waals surface area contributed by atoms with Crippen LogP contribution in [0, 0.1) is 5.92 Å². The Morgan fingerprint density at radius 1 is 1.08 bits per heavy atom. The number of hydrogen-bond acceptors (Lipinski definition) is 10. The second kappa shape index (κ2) is 12.1. The third kappa shape index (κ3) is 5.09. The molecule has 0 saturated carbocycles. The van der Waals surface area contributed by atoms with Gasteiger partial charge in [0.15, 0.2) is 17.6 Å². The standard InChI is InChI=1S/C21H23NO5.C16H14N2O3/c1-11(23)25-16-6-4-13-10-15-14-5-7-17(26-12(2)24)20-21(14,8-9-22(15)3)18(13)19(16)27-20;1-2-21-16(20)13-10-12-5-3-4-8-18(12)15(13)11-6-7-17-14(19)9-11/h4-7,14-15,17,20H,8-10H2,1-3H3;3-10H,2H2,1H3,(H,17,19)/t14-,15+,17-,20-,21-;/m0./s1. The Labute approximate surface area is 277 Å². The summed E-state index contributed by atoms with van der Waals surface area (Å²) in [6, 6.07) is 15.0. The Bertz CT molecular complexity index is 1970. The number of ether oxygens (including phenoxy) is 4. The van der Waals surface area contributed by atoms with Crippen molar-refractivity contribution in [2.24, 2.45) is 5.92 Å². The summed E-state index contributed by atoms with van der Waals surface area (Å²) < 4.78 is 24.5. The van der Waals surface area contributed by atoms with Gasteiger partial charge in [-0.3, -0.25) is 9.59 Å². The maximum atomic E-state index is 12.2. The molecule has 248 valence electrons. The lowest BCUT2D eigenvalue weighted by molar-refractivity contribution is -0.152. The first kappa shape index (κ1) is 31.4.